The summed E-state index contributed by atoms with van der Waals surface area (Å²) in [5, 5.41) is 23.9. The van der Waals surface area contributed by atoms with Crippen LogP contribution in [0.25, 0.3) is 11.2 Å². The maximum Gasteiger partial charge on any atom is 0.469 e. The Bertz CT molecular complexity index is 1270. The highest BCUT2D eigenvalue weighted by molar-refractivity contribution is 7.46. The summed E-state index contributed by atoms with van der Waals surface area (Å²) in [6.45, 7) is -0.341. The minimum atomic E-state index is -4.78. The minimum Gasteiger partial charge on any atom is -0.493 e. The zero-order valence-corrected chi connectivity index (χ0v) is 20.4. The number of hydrogen-bond donors (Lipinski definition) is 5. The van der Waals surface area contributed by atoms with Crippen molar-refractivity contribution >= 4 is 24.8 Å². The lowest BCUT2D eigenvalue weighted by atomic mass is 10.1. The van der Waals surface area contributed by atoms with E-state index in [9.17, 15) is 14.8 Å². The van der Waals surface area contributed by atoms with Crippen molar-refractivity contribution in [1.29, 1.82) is 0 Å². The summed E-state index contributed by atoms with van der Waals surface area (Å²) < 4.78 is 38.6. The third-order valence-corrected chi connectivity index (χ3v) is 6.09. The molecule has 5 N–H and O–H groups in total. The number of fused-ring (bicyclic) bond motifs is 1. The summed E-state index contributed by atoms with van der Waals surface area (Å²) in [6, 6.07) is 3.56. The fraction of sp³-hybridized carbons (Fsp3) is 0.450. The Morgan fingerprint density at radius 2 is 1.81 bits per heavy atom. The van der Waals surface area contributed by atoms with Gasteiger partial charge in [-0.1, -0.05) is 0 Å². The summed E-state index contributed by atoms with van der Waals surface area (Å²) in [5.74, 6) is 1.83. The average molecular weight is 527 g/mol. The van der Waals surface area contributed by atoms with Gasteiger partial charge < -0.3 is 44.3 Å². The molecule has 1 aliphatic rings. The summed E-state index contributed by atoms with van der Waals surface area (Å²) in [7, 11) is -0.226. The van der Waals surface area contributed by atoms with Crippen molar-refractivity contribution in [3.8, 4) is 17.2 Å². The van der Waals surface area contributed by atoms with E-state index in [-0.39, 0.29) is 6.54 Å². The van der Waals surface area contributed by atoms with Gasteiger partial charge in [-0.3, -0.25) is 9.09 Å². The molecule has 36 heavy (non-hydrogen) atoms. The lowest BCUT2D eigenvalue weighted by Gasteiger charge is -2.17. The monoisotopic (exact) mass is 527 g/mol. The SMILES string of the molecule is COc1ccc(CNc2ncnc3c2ncn3[C@@H]2O[C@H](COP(=O)(O)O)[C@@H](O)[C@H]2O)c(OC)c1OC. The molecule has 0 unspecified atom stereocenters. The van der Waals surface area contributed by atoms with Crippen molar-refractivity contribution in [2.45, 2.75) is 31.1 Å². The van der Waals surface area contributed by atoms with Gasteiger partial charge in [0.15, 0.2) is 34.7 Å². The Labute approximate surface area is 204 Å². The van der Waals surface area contributed by atoms with E-state index in [4.69, 9.17) is 28.7 Å². The van der Waals surface area contributed by atoms with Gasteiger partial charge in [0, 0.05) is 12.1 Å². The molecule has 1 aromatic carbocycles. The Kier molecular flexibility index (Phi) is 7.61. The summed E-state index contributed by atoms with van der Waals surface area (Å²) in [5.41, 5.74) is 1.41. The van der Waals surface area contributed by atoms with Gasteiger partial charge in [0.25, 0.3) is 0 Å². The predicted molar refractivity (Wildman–Crippen MR) is 123 cm³/mol. The van der Waals surface area contributed by atoms with E-state index in [2.05, 4.69) is 24.8 Å². The average Bonchev–Trinajstić information content (AvgIpc) is 3.41. The zero-order valence-electron chi connectivity index (χ0n) is 19.5. The van der Waals surface area contributed by atoms with Gasteiger partial charge in [0.05, 0.1) is 34.3 Å². The fourth-order valence-corrected chi connectivity index (χ4v) is 4.26. The smallest absolute Gasteiger partial charge is 0.469 e. The standard InChI is InChI=1S/C20H26N5O10P/c1-31-11-5-4-10(16(32-2)17(11)33-3)6-21-18-13-19(23-8-22-18)25(9-24-13)20-15(27)14(26)12(35-20)7-34-36(28,29)30/h4-5,8-9,12,14-15,20,26-27H,6-7H2,1-3H3,(H,21,22,23)(H2,28,29,30)/t12-,14-,15-,20-/m1/s1. The van der Waals surface area contributed by atoms with E-state index in [0.717, 1.165) is 5.56 Å². The molecule has 0 saturated carbocycles. The van der Waals surface area contributed by atoms with E-state index >= 15 is 0 Å². The second kappa shape index (κ2) is 10.5. The number of aromatic nitrogens is 4. The number of hydrogen-bond acceptors (Lipinski definition) is 12. The number of aliphatic hydroxyl groups excluding tert-OH is 2. The van der Waals surface area contributed by atoms with Crippen molar-refractivity contribution in [2.24, 2.45) is 0 Å². The normalized spacial score (nSPS) is 22.1. The molecule has 0 radical (unpaired) electrons. The van der Waals surface area contributed by atoms with Crippen LogP contribution in [0.3, 0.4) is 0 Å². The number of aliphatic hydroxyl groups is 2. The first-order valence-electron chi connectivity index (χ1n) is 10.6. The molecule has 1 fully saturated rings. The van der Waals surface area contributed by atoms with E-state index in [1.807, 2.05) is 6.07 Å². The van der Waals surface area contributed by atoms with Crippen LogP contribution in [0.4, 0.5) is 5.82 Å². The summed E-state index contributed by atoms with van der Waals surface area (Å²) in [6.07, 6.45) is -2.57. The van der Waals surface area contributed by atoms with E-state index in [0.29, 0.717) is 34.2 Å². The Balaban J connectivity index is 1.56. The number of benzene rings is 1. The van der Waals surface area contributed by atoms with Gasteiger partial charge in [0.2, 0.25) is 5.75 Å². The number of methoxy groups -OCH3 is 3. The molecular weight excluding hydrogens is 501 g/mol. The van der Waals surface area contributed by atoms with Crippen LogP contribution in [0.2, 0.25) is 0 Å². The molecule has 1 aliphatic heterocycles. The van der Waals surface area contributed by atoms with E-state index in [1.165, 1.54) is 38.6 Å². The zero-order chi connectivity index (χ0) is 26.0. The Morgan fingerprint density at radius 1 is 1.06 bits per heavy atom. The lowest BCUT2D eigenvalue weighted by molar-refractivity contribution is -0.0504. The van der Waals surface area contributed by atoms with Crippen LogP contribution in [0, 0.1) is 0 Å². The van der Waals surface area contributed by atoms with Crippen LogP contribution >= 0.6 is 7.82 Å². The third-order valence-electron chi connectivity index (χ3n) is 5.61. The summed E-state index contributed by atoms with van der Waals surface area (Å²) >= 11 is 0. The first kappa shape index (κ1) is 26.0. The number of imidazole rings is 1. The molecule has 16 heteroatoms. The van der Waals surface area contributed by atoms with Crippen LogP contribution in [0.15, 0.2) is 24.8 Å². The highest BCUT2D eigenvalue weighted by Gasteiger charge is 2.45. The number of nitrogens with zero attached hydrogens (tertiary/aromatic N) is 4. The maximum atomic E-state index is 11.0. The van der Waals surface area contributed by atoms with Crippen molar-refractivity contribution in [1.82, 2.24) is 19.5 Å². The minimum absolute atomic E-state index is 0.283. The molecule has 3 aromatic rings. The maximum absolute atomic E-state index is 11.0. The van der Waals surface area contributed by atoms with E-state index < -0.39 is 39.0 Å². The van der Waals surface area contributed by atoms with Crippen molar-refractivity contribution in [2.75, 3.05) is 33.3 Å². The molecule has 0 aliphatic carbocycles. The first-order chi connectivity index (χ1) is 17.2. The van der Waals surface area contributed by atoms with Gasteiger partial charge in [-0.05, 0) is 12.1 Å². The van der Waals surface area contributed by atoms with Gasteiger partial charge in [-0.2, -0.15) is 0 Å². The molecule has 196 valence electrons. The molecule has 15 nitrogen and oxygen atoms in total. The van der Waals surface area contributed by atoms with Crippen LogP contribution < -0.4 is 19.5 Å². The highest BCUT2D eigenvalue weighted by atomic mass is 31.2. The Morgan fingerprint density at radius 3 is 2.47 bits per heavy atom. The largest absolute Gasteiger partial charge is 0.493 e. The summed E-state index contributed by atoms with van der Waals surface area (Å²) in [4.78, 5) is 30.6. The Hall–Kier alpha value is -3.04. The van der Waals surface area contributed by atoms with Gasteiger partial charge in [-0.15, -0.1) is 0 Å². The molecule has 0 bridgehead atoms. The fourth-order valence-electron chi connectivity index (χ4n) is 3.92. The molecule has 0 amide bonds. The molecule has 3 heterocycles. The molecule has 2 aromatic heterocycles. The van der Waals surface area contributed by atoms with Gasteiger partial charge >= 0.3 is 7.82 Å². The first-order valence-corrected chi connectivity index (χ1v) is 12.1. The molecule has 4 rings (SSSR count). The molecule has 0 spiro atoms. The second-order valence-corrected chi connectivity index (χ2v) is 8.97. The number of phosphoric ester groups is 1. The molecule has 1 saturated heterocycles. The van der Waals surface area contributed by atoms with Crippen molar-refractivity contribution in [3.05, 3.63) is 30.4 Å². The molecule has 4 atom stereocenters. The van der Waals surface area contributed by atoms with Crippen LogP contribution in [-0.4, -0.2) is 85.8 Å². The highest BCUT2D eigenvalue weighted by Crippen LogP contribution is 2.41. The topological polar surface area (TPSA) is 200 Å². The lowest BCUT2D eigenvalue weighted by Crippen LogP contribution is -2.33. The number of rotatable bonds is 10. The molecular formula is C20H26N5O10P. The van der Waals surface area contributed by atoms with Gasteiger partial charge in [0.1, 0.15) is 24.6 Å². The number of anilines is 1. The number of phosphoric acid groups is 1. The number of nitrogens with one attached hydrogen (secondary N) is 1. The predicted octanol–water partition coefficient (Wildman–Crippen LogP) is 0.193. The second-order valence-electron chi connectivity index (χ2n) is 7.73. The van der Waals surface area contributed by atoms with Crippen molar-refractivity contribution < 1.29 is 48.0 Å². The quantitative estimate of drug-likeness (QED) is 0.224. The van der Waals surface area contributed by atoms with Crippen molar-refractivity contribution in [3.63, 3.8) is 0 Å². The van der Waals surface area contributed by atoms with Crippen LogP contribution in [0.5, 0.6) is 17.2 Å². The van der Waals surface area contributed by atoms with E-state index in [1.54, 1.807) is 6.07 Å². The third kappa shape index (κ3) is 5.08. The van der Waals surface area contributed by atoms with Crippen LogP contribution in [0.1, 0.15) is 11.8 Å². The number of ether oxygens (including phenoxy) is 4. The van der Waals surface area contributed by atoms with Crippen LogP contribution in [-0.2, 0) is 20.4 Å². The van der Waals surface area contributed by atoms with Gasteiger partial charge in [-0.25, -0.2) is 19.5 Å².